The van der Waals surface area contributed by atoms with Gasteiger partial charge in [0, 0.05) is 16.8 Å². The van der Waals surface area contributed by atoms with Crippen LogP contribution in [0.1, 0.15) is 17.5 Å². The van der Waals surface area contributed by atoms with Gasteiger partial charge in [-0.2, -0.15) is 0 Å². The SMILES string of the molecule is N[C@H]1CCc2cc(NS(=O)(=O)c3ccc(Cl)cc3)ccc2C1. The minimum atomic E-state index is -3.60. The Bertz CT molecular complexity index is 788. The molecule has 0 aliphatic heterocycles. The van der Waals surface area contributed by atoms with Crippen molar-refractivity contribution in [1.29, 1.82) is 0 Å². The Balaban J connectivity index is 1.85. The fourth-order valence-electron chi connectivity index (χ4n) is 2.67. The predicted molar refractivity (Wildman–Crippen MR) is 88.7 cm³/mol. The molecular formula is C16H17ClN2O2S. The van der Waals surface area contributed by atoms with Crippen molar-refractivity contribution < 1.29 is 8.42 Å². The van der Waals surface area contributed by atoms with Crippen LogP contribution >= 0.6 is 11.6 Å². The number of nitrogens with two attached hydrogens (primary N) is 1. The third-order valence-electron chi connectivity index (χ3n) is 3.85. The number of fused-ring (bicyclic) bond motifs is 1. The topological polar surface area (TPSA) is 72.2 Å². The van der Waals surface area contributed by atoms with E-state index in [4.69, 9.17) is 17.3 Å². The van der Waals surface area contributed by atoms with E-state index < -0.39 is 10.0 Å². The maximum atomic E-state index is 12.4. The first-order valence-corrected chi connectivity index (χ1v) is 8.96. The van der Waals surface area contributed by atoms with E-state index in [1.807, 2.05) is 12.1 Å². The Morgan fingerprint density at radius 2 is 1.82 bits per heavy atom. The lowest BCUT2D eigenvalue weighted by Crippen LogP contribution is -2.27. The molecule has 22 heavy (non-hydrogen) atoms. The smallest absolute Gasteiger partial charge is 0.261 e. The molecule has 0 spiro atoms. The van der Waals surface area contributed by atoms with Crippen LogP contribution in [-0.2, 0) is 22.9 Å². The molecule has 0 amide bonds. The Morgan fingerprint density at radius 3 is 2.55 bits per heavy atom. The van der Waals surface area contributed by atoms with E-state index in [2.05, 4.69) is 4.72 Å². The van der Waals surface area contributed by atoms with Gasteiger partial charge in [0.2, 0.25) is 0 Å². The van der Waals surface area contributed by atoms with Crippen LogP contribution in [0.15, 0.2) is 47.4 Å². The standard InChI is InChI=1S/C16H17ClN2O2S/c17-13-3-7-16(8-4-13)22(20,21)19-15-6-2-11-9-14(18)5-1-12(11)10-15/h2-4,6-8,10,14,19H,1,5,9,18H2/t14-/m0/s1. The lowest BCUT2D eigenvalue weighted by molar-refractivity contribution is 0.576. The van der Waals surface area contributed by atoms with E-state index >= 15 is 0 Å². The predicted octanol–water partition coefficient (Wildman–Crippen LogP) is 2.96. The Hall–Kier alpha value is -1.56. The zero-order valence-corrected chi connectivity index (χ0v) is 13.5. The summed E-state index contributed by atoms with van der Waals surface area (Å²) in [6.45, 7) is 0. The number of rotatable bonds is 3. The molecule has 6 heteroatoms. The normalized spacial score (nSPS) is 17.8. The molecule has 3 N–H and O–H groups in total. The van der Waals surface area contributed by atoms with Crippen molar-refractivity contribution in [2.45, 2.75) is 30.2 Å². The summed E-state index contributed by atoms with van der Waals surface area (Å²) >= 11 is 5.79. The van der Waals surface area contributed by atoms with E-state index in [1.165, 1.54) is 17.7 Å². The lowest BCUT2D eigenvalue weighted by atomic mass is 9.88. The molecule has 0 saturated carbocycles. The van der Waals surface area contributed by atoms with Gasteiger partial charge in [0.1, 0.15) is 0 Å². The molecular weight excluding hydrogens is 320 g/mol. The highest BCUT2D eigenvalue weighted by Crippen LogP contribution is 2.25. The Morgan fingerprint density at radius 1 is 1.09 bits per heavy atom. The molecule has 1 aliphatic rings. The van der Waals surface area contributed by atoms with Gasteiger partial charge in [0.15, 0.2) is 0 Å². The van der Waals surface area contributed by atoms with Crippen LogP contribution in [0, 0.1) is 0 Å². The van der Waals surface area contributed by atoms with Crippen molar-refractivity contribution in [2.24, 2.45) is 5.73 Å². The molecule has 2 aromatic carbocycles. The van der Waals surface area contributed by atoms with E-state index in [1.54, 1.807) is 18.2 Å². The van der Waals surface area contributed by atoms with Gasteiger partial charge in [-0.15, -0.1) is 0 Å². The van der Waals surface area contributed by atoms with E-state index in [0.29, 0.717) is 10.7 Å². The number of halogens is 1. The molecule has 0 bridgehead atoms. The second-order valence-electron chi connectivity index (χ2n) is 5.55. The van der Waals surface area contributed by atoms with Gasteiger partial charge in [0.05, 0.1) is 4.90 Å². The molecule has 0 saturated heterocycles. The molecule has 1 atom stereocenters. The van der Waals surface area contributed by atoms with Gasteiger partial charge >= 0.3 is 0 Å². The first-order valence-electron chi connectivity index (χ1n) is 7.10. The summed E-state index contributed by atoms with van der Waals surface area (Å²) in [4.78, 5) is 0.191. The van der Waals surface area contributed by atoms with E-state index in [9.17, 15) is 8.42 Å². The number of benzene rings is 2. The van der Waals surface area contributed by atoms with Crippen molar-refractivity contribution in [1.82, 2.24) is 0 Å². The van der Waals surface area contributed by atoms with Crippen molar-refractivity contribution in [3.05, 3.63) is 58.6 Å². The molecule has 0 fully saturated rings. The van der Waals surface area contributed by atoms with E-state index in [-0.39, 0.29) is 10.9 Å². The highest BCUT2D eigenvalue weighted by atomic mass is 35.5. The second kappa shape index (κ2) is 5.91. The minimum Gasteiger partial charge on any atom is -0.327 e. The molecule has 1 aliphatic carbocycles. The molecule has 2 aromatic rings. The van der Waals surface area contributed by atoms with Crippen LogP contribution in [0.25, 0.3) is 0 Å². The monoisotopic (exact) mass is 336 g/mol. The number of nitrogens with one attached hydrogen (secondary N) is 1. The maximum Gasteiger partial charge on any atom is 0.261 e. The van der Waals surface area contributed by atoms with Crippen molar-refractivity contribution in [3.63, 3.8) is 0 Å². The molecule has 3 rings (SSSR count). The maximum absolute atomic E-state index is 12.4. The molecule has 116 valence electrons. The van der Waals surface area contributed by atoms with Crippen LogP contribution in [0.2, 0.25) is 5.02 Å². The quantitative estimate of drug-likeness (QED) is 0.905. The third kappa shape index (κ3) is 3.27. The Kier molecular flexibility index (Phi) is 4.12. The van der Waals surface area contributed by atoms with Gasteiger partial charge in [0.25, 0.3) is 10.0 Å². The van der Waals surface area contributed by atoms with Crippen LogP contribution in [-0.4, -0.2) is 14.5 Å². The molecule has 0 unspecified atom stereocenters. The van der Waals surface area contributed by atoms with Crippen LogP contribution < -0.4 is 10.5 Å². The second-order valence-corrected chi connectivity index (χ2v) is 7.66. The lowest BCUT2D eigenvalue weighted by Gasteiger charge is -2.22. The van der Waals surface area contributed by atoms with Crippen molar-refractivity contribution in [2.75, 3.05) is 4.72 Å². The zero-order valence-electron chi connectivity index (χ0n) is 11.9. The molecule has 0 radical (unpaired) electrons. The summed E-state index contributed by atoms with van der Waals surface area (Å²) in [7, 11) is -3.60. The van der Waals surface area contributed by atoms with Gasteiger partial charge in [-0.05, 0) is 66.8 Å². The highest BCUT2D eigenvalue weighted by Gasteiger charge is 2.18. The first-order chi connectivity index (χ1) is 10.4. The Labute approximate surface area is 135 Å². The van der Waals surface area contributed by atoms with Gasteiger partial charge < -0.3 is 5.73 Å². The van der Waals surface area contributed by atoms with Gasteiger partial charge in [-0.25, -0.2) is 8.42 Å². The summed E-state index contributed by atoms with van der Waals surface area (Å²) in [5.74, 6) is 0. The number of hydrogen-bond acceptors (Lipinski definition) is 3. The summed E-state index contributed by atoms with van der Waals surface area (Å²) in [6, 6.07) is 11.9. The average molecular weight is 337 g/mol. The molecule has 4 nitrogen and oxygen atoms in total. The van der Waals surface area contributed by atoms with Crippen LogP contribution in [0.4, 0.5) is 5.69 Å². The number of anilines is 1. The summed E-state index contributed by atoms with van der Waals surface area (Å²) < 4.78 is 27.3. The first kappa shape index (κ1) is 15.3. The van der Waals surface area contributed by atoms with Gasteiger partial charge in [-0.3, -0.25) is 4.72 Å². The number of sulfonamides is 1. The fraction of sp³-hybridized carbons (Fsp3) is 0.250. The summed E-state index contributed by atoms with van der Waals surface area (Å²) in [5, 5.41) is 0.504. The third-order valence-corrected chi connectivity index (χ3v) is 5.50. The van der Waals surface area contributed by atoms with Crippen LogP contribution in [0.3, 0.4) is 0 Å². The van der Waals surface area contributed by atoms with Crippen molar-refractivity contribution >= 4 is 27.3 Å². The minimum absolute atomic E-state index is 0.191. The summed E-state index contributed by atoms with van der Waals surface area (Å²) in [6.07, 6.45) is 2.66. The summed E-state index contributed by atoms with van der Waals surface area (Å²) in [5.41, 5.74) is 8.90. The van der Waals surface area contributed by atoms with Gasteiger partial charge in [-0.1, -0.05) is 17.7 Å². The highest BCUT2D eigenvalue weighted by molar-refractivity contribution is 7.92. The fourth-order valence-corrected chi connectivity index (χ4v) is 3.85. The van der Waals surface area contributed by atoms with Crippen molar-refractivity contribution in [3.8, 4) is 0 Å². The molecule has 0 heterocycles. The molecule has 0 aromatic heterocycles. The number of hydrogen-bond donors (Lipinski definition) is 2. The number of aryl methyl sites for hydroxylation is 1. The van der Waals surface area contributed by atoms with Crippen LogP contribution in [0.5, 0.6) is 0 Å². The van der Waals surface area contributed by atoms with E-state index in [0.717, 1.165) is 24.8 Å². The zero-order chi connectivity index (χ0) is 15.7. The average Bonchev–Trinajstić information content (AvgIpc) is 2.47. The largest absolute Gasteiger partial charge is 0.327 e.